The topological polar surface area (TPSA) is 69.6 Å². The average molecular weight is 228 g/mol. The van der Waals surface area contributed by atoms with Crippen LogP contribution in [0, 0.1) is 0 Å². The van der Waals surface area contributed by atoms with E-state index in [-0.39, 0.29) is 12.5 Å². The molecule has 0 saturated carbocycles. The third-order valence-corrected chi connectivity index (χ3v) is 1.89. The molecule has 0 aliphatic rings. The first-order chi connectivity index (χ1) is 7.14. The molecule has 5 nitrogen and oxygen atoms in total. The molecule has 2 N–H and O–H groups in total. The van der Waals surface area contributed by atoms with Crippen LogP contribution in [0.25, 0.3) is 0 Å². The molecule has 0 aromatic heterocycles. The van der Waals surface area contributed by atoms with Crippen LogP contribution >= 0.6 is 0 Å². The fraction of sp³-hybridized carbons (Fsp3) is 0.636. The smallest absolute Gasteiger partial charge is 0.317 e. The molecule has 0 spiro atoms. The molecule has 0 aromatic rings. The summed E-state index contributed by atoms with van der Waals surface area (Å²) in [6.45, 7) is 9.33. The summed E-state index contributed by atoms with van der Waals surface area (Å²) in [6, 6.07) is -0.297. The molecular formula is C11H20N2O3. The first-order valence-corrected chi connectivity index (χ1v) is 5.03. The minimum absolute atomic E-state index is 0.111. The van der Waals surface area contributed by atoms with Crippen molar-refractivity contribution in [3.63, 3.8) is 0 Å². The Kier molecular flexibility index (Phi) is 5.01. The molecule has 0 bridgehead atoms. The summed E-state index contributed by atoms with van der Waals surface area (Å²) in [7, 11) is 1.64. The van der Waals surface area contributed by atoms with E-state index in [1.54, 1.807) is 20.9 Å². The number of aliphatic carboxylic acids is 1. The number of urea groups is 1. The lowest BCUT2D eigenvalue weighted by molar-refractivity contribution is -0.138. The number of carboxylic acid groups (broad SMARTS) is 1. The van der Waals surface area contributed by atoms with Crippen molar-refractivity contribution in [2.24, 2.45) is 0 Å². The number of likely N-dealkylation sites (N-methyl/N-ethyl adjacent to an activating group) is 1. The minimum atomic E-state index is -0.937. The summed E-state index contributed by atoms with van der Waals surface area (Å²) in [5.74, 6) is -0.937. The number of nitrogens with one attached hydrogen (secondary N) is 1. The standard InChI is InChI=1S/C11H20N2O3/c1-8(2)7-13(5)10(16)12-11(3,4)6-9(14)15/h1,6-7H2,2-5H3,(H,12,16)(H,14,15). The van der Waals surface area contributed by atoms with E-state index in [1.807, 2.05) is 6.92 Å². The van der Waals surface area contributed by atoms with Crippen LogP contribution in [0.3, 0.4) is 0 Å². The van der Waals surface area contributed by atoms with Gasteiger partial charge in [0, 0.05) is 19.1 Å². The van der Waals surface area contributed by atoms with Gasteiger partial charge in [0.15, 0.2) is 0 Å². The van der Waals surface area contributed by atoms with Crippen LogP contribution < -0.4 is 5.32 Å². The molecule has 5 heteroatoms. The molecule has 0 rings (SSSR count). The Hall–Kier alpha value is -1.52. The third-order valence-electron chi connectivity index (χ3n) is 1.89. The Balaban J connectivity index is 4.32. The highest BCUT2D eigenvalue weighted by Gasteiger charge is 2.25. The Morgan fingerprint density at radius 1 is 1.44 bits per heavy atom. The average Bonchev–Trinajstić information content (AvgIpc) is 1.98. The van der Waals surface area contributed by atoms with Gasteiger partial charge in [-0.25, -0.2) is 4.79 Å². The second-order valence-corrected chi connectivity index (χ2v) is 4.70. The van der Waals surface area contributed by atoms with Crippen molar-refractivity contribution >= 4 is 12.0 Å². The van der Waals surface area contributed by atoms with Crippen molar-refractivity contribution < 1.29 is 14.7 Å². The van der Waals surface area contributed by atoms with Crippen LogP contribution in [0.1, 0.15) is 27.2 Å². The summed E-state index contributed by atoms with van der Waals surface area (Å²) >= 11 is 0. The van der Waals surface area contributed by atoms with Crippen LogP contribution in [0.5, 0.6) is 0 Å². The van der Waals surface area contributed by atoms with Gasteiger partial charge in [0.1, 0.15) is 0 Å². The van der Waals surface area contributed by atoms with E-state index < -0.39 is 11.5 Å². The van der Waals surface area contributed by atoms with Crippen LogP contribution in [0.15, 0.2) is 12.2 Å². The van der Waals surface area contributed by atoms with Crippen LogP contribution in [0.4, 0.5) is 4.79 Å². The van der Waals surface area contributed by atoms with E-state index in [2.05, 4.69) is 11.9 Å². The maximum Gasteiger partial charge on any atom is 0.317 e. The lowest BCUT2D eigenvalue weighted by Gasteiger charge is -2.28. The first-order valence-electron chi connectivity index (χ1n) is 5.03. The quantitative estimate of drug-likeness (QED) is 0.700. The van der Waals surface area contributed by atoms with Crippen molar-refractivity contribution in [3.8, 4) is 0 Å². The van der Waals surface area contributed by atoms with Gasteiger partial charge >= 0.3 is 12.0 Å². The molecule has 0 aliphatic heterocycles. The molecule has 0 aliphatic carbocycles. The van der Waals surface area contributed by atoms with Crippen molar-refractivity contribution in [2.75, 3.05) is 13.6 Å². The van der Waals surface area contributed by atoms with Gasteiger partial charge in [0.05, 0.1) is 6.42 Å². The lowest BCUT2D eigenvalue weighted by Crippen LogP contribution is -2.50. The number of carbonyl (C=O) groups is 2. The molecule has 16 heavy (non-hydrogen) atoms. The van der Waals surface area contributed by atoms with E-state index in [4.69, 9.17) is 5.11 Å². The highest BCUT2D eigenvalue weighted by atomic mass is 16.4. The normalized spacial score (nSPS) is 10.8. The van der Waals surface area contributed by atoms with E-state index in [9.17, 15) is 9.59 Å². The number of hydrogen-bond acceptors (Lipinski definition) is 2. The maximum atomic E-state index is 11.7. The molecule has 92 valence electrons. The largest absolute Gasteiger partial charge is 0.481 e. The van der Waals surface area contributed by atoms with Crippen molar-refractivity contribution in [2.45, 2.75) is 32.7 Å². The number of carboxylic acids is 1. The van der Waals surface area contributed by atoms with Crippen LogP contribution in [-0.4, -0.2) is 41.1 Å². The van der Waals surface area contributed by atoms with Crippen molar-refractivity contribution in [1.82, 2.24) is 10.2 Å². The molecule has 0 radical (unpaired) electrons. The molecule has 0 heterocycles. The summed E-state index contributed by atoms with van der Waals surface area (Å²) in [4.78, 5) is 23.7. The van der Waals surface area contributed by atoms with Gasteiger partial charge in [-0.3, -0.25) is 4.79 Å². The zero-order valence-corrected chi connectivity index (χ0v) is 10.3. The van der Waals surface area contributed by atoms with Gasteiger partial charge < -0.3 is 15.3 Å². The van der Waals surface area contributed by atoms with Crippen molar-refractivity contribution in [3.05, 3.63) is 12.2 Å². The number of carbonyl (C=O) groups excluding carboxylic acids is 1. The van der Waals surface area contributed by atoms with Crippen molar-refractivity contribution in [1.29, 1.82) is 0 Å². The molecular weight excluding hydrogens is 208 g/mol. The molecule has 0 unspecified atom stereocenters. The predicted octanol–water partition coefficient (Wildman–Crippen LogP) is 1.46. The minimum Gasteiger partial charge on any atom is -0.481 e. The fourth-order valence-corrected chi connectivity index (χ4v) is 1.28. The number of rotatable bonds is 5. The summed E-state index contributed by atoms with van der Waals surface area (Å²) in [6.07, 6.45) is -0.111. The third kappa shape index (κ3) is 6.06. The molecule has 0 aromatic carbocycles. The van der Waals surface area contributed by atoms with Crippen LogP contribution in [0.2, 0.25) is 0 Å². The number of amides is 2. The van der Waals surface area contributed by atoms with Gasteiger partial charge in [-0.2, -0.15) is 0 Å². The molecule has 0 atom stereocenters. The highest BCUT2D eigenvalue weighted by molar-refractivity contribution is 5.76. The van der Waals surface area contributed by atoms with Gasteiger partial charge in [-0.05, 0) is 20.8 Å². The Morgan fingerprint density at radius 3 is 2.31 bits per heavy atom. The number of hydrogen-bond donors (Lipinski definition) is 2. The summed E-state index contributed by atoms with van der Waals surface area (Å²) in [5, 5.41) is 11.3. The van der Waals surface area contributed by atoms with E-state index in [0.29, 0.717) is 6.54 Å². The molecule has 2 amide bonds. The number of nitrogens with zero attached hydrogens (tertiary/aromatic N) is 1. The van der Waals surface area contributed by atoms with Gasteiger partial charge in [0.2, 0.25) is 0 Å². The van der Waals surface area contributed by atoms with Gasteiger partial charge in [0.25, 0.3) is 0 Å². The first kappa shape index (κ1) is 14.5. The SMILES string of the molecule is C=C(C)CN(C)C(=O)NC(C)(C)CC(=O)O. The fourth-order valence-electron chi connectivity index (χ4n) is 1.28. The Labute approximate surface area is 96.1 Å². The Bertz CT molecular complexity index is 298. The second kappa shape index (κ2) is 5.53. The summed E-state index contributed by atoms with van der Waals surface area (Å²) in [5.41, 5.74) is 0.111. The van der Waals surface area contributed by atoms with Gasteiger partial charge in [-0.15, -0.1) is 0 Å². The van der Waals surface area contributed by atoms with E-state index in [0.717, 1.165) is 5.57 Å². The monoisotopic (exact) mass is 228 g/mol. The molecule has 0 fully saturated rings. The van der Waals surface area contributed by atoms with E-state index >= 15 is 0 Å². The maximum absolute atomic E-state index is 11.7. The van der Waals surface area contributed by atoms with Gasteiger partial charge in [-0.1, -0.05) is 12.2 Å². The lowest BCUT2D eigenvalue weighted by atomic mass is 10.0. The molecule has 0 saturated heterocycles. The highest BCUT2D eigenvalue weighted by Crippen LogP contribution is 2.08. The van der Waals surface area contributed by atoms with E-state index in [1.165, 1.54) is 4.90 Å². The zero-order valence-electron chi connectivity index (χ0n) is 10.3. The second-order valence-electron chi connectivity index (χ2n) is 4.70. The van der Waals surface area contributed by atoms with Crippen LogP contribution in [-0.2, 0) is 4.79 Å². The zero-order chi connectivity index (χ0) is 12.9. The summed E-state index contributed by atoms with van der Waals surface area (Å²) < 4.78 is 0. The predicted molar refractivity (Wildman–Crippen MR) is 62.3 cm³/mol. The Morgan fingerprint density at radius 2 is 1.94 bits per heavy atom.